The van der Waals surface area contributed by atoms with Crippen LogP contribution in [0.5, 0.6) is 0 Å². The summed E-state index contributed by atoms with van der Waals surface area (Å²) < 4.78 is 14.2. The van der Waals surface area contributed by atoms with E-state index in [9.17, 15) is 4.39 Å². The summed E-state index contributed by atoms with van der Waals surface area (Å²) in [5, 5.41) is 3.51. The Balaban J connectivity index is 2.51. The van der Waals surface area contributed by atoms with Gasteiger partial charge in [0, 0.05) is 10.5 Å². The fourth-order valence-electron chi connectivity index (χ4n) is 2.40. The first-order chi connectivity index (χ1) is 9.15. The molecule has 0 bridgehead atoms. The van der Waals surface area contributed by atoms with Crippen LogP contribution in [-0.4, -0.2) is 12.6 Å². The van der Waals surface area contributed by atoms with Crippen LogP contribution < -0.4 is 5.32 Å². The number of nitrogens with one attached hydrogen (secondary N) is 1. The lowest BCUT2D eigenvalue weighted by Gasteiger charge is -2.18. The van der Waals surface area contributed by atoms with E-state index in [1.807, 2.05) is 6.07 Å². The molecule has 19 heavy (non-hydrogen) atoms. The van der Waals surface area contributed by atoms with Crippen molar-refractivity contribution in [1.82, 2.24) is 5.32 Å². The minimum absolute atomic E-state index is 0.161. The number of halogens is 2. The van der Waals surface area contributed by atoms with Crippen LogP contribution >= 0.6 is 15.9 Å². The number of unbranched alkanes of at least 4 members (excludes halogenated alkanes) is 3. The third-order valence-electron chi connectivity index (χ3n) is 3.30. The molecule has 1 aromatic carbocycles. The Morgan fingerprint density at radius 2 is 1.95 bits per heavy atom. The van der Waals surface area contributed by atoms with Crippen molar-refractivity contribution in [2.75, 3.05) is 6.54 Å². The lowest BCUT2D eigenvalue weighted by atomic mass is 10.00. The Morgan fingerprint density at radius 3 is 2.58 bits per heavy atom. The summed E-state index contributed by atoms with van der Waals surface area (Å²) in [6, 6.07) is 5.61. The van der Waals surface area contributed by atoms with Gasteiger partial charge in [0.25, 0.3) is 0 Å². The number of rotatable bonds is 9. The molecular formula is C16H25BrFN. The van der Waals surface area contributed by atoms with E-state index in [2.05, 4.69) is 35.1 Å². The van der Waals surface area contributed by atoms with Crippen LogP contribution in [0, 0.1) is 5.82 Å². The third kappa shape index (κ3) is 7.07. The summed E-state index contributed by atoms with van der Waals surface area (Å²) in [6.45, 7) is 5.32. The van der Waals surface area contributed by atoms with E-state index in [0.717, 1.165) is 23.0 Å². The van der Waals surface area contributed by atoms with Crippen LogP contribution in [0.1, 0.15) is 51.5 Å². The van der Waals surface area contributed by atoms with Gasteiger partial charge in [-0.05, 0) is 43.1 Å². The summed E-state index contributed by atoms with van der Waals surface area (Å²) in [6.07, 6.45) is 7.19. The molecule has 1 unspecified atom stereocenters. The molecule has 0 fully saturated rings. The molecule has 108 valence electrons. The lowest BCUT2D eigenvalue weighted by molar-refractivity contribution is 0.462. The summed E-state index contributed by atoms with van der Waals surface area (Å²) in [4.78, 5) is 0. The Hall–Kier alpha value is -0.410. The highest BCUT2D eigenvalue weighted by atomic mass is 79.9. The molecule has 0 saturated heterocycles. The largest absolute Gasteiger partial charge is 0.314 e. The van der Waals surface area contributed by atoms with Crippen LogP contribution in [0.2, 0.25) is 0 Å². The average Bonchev–Trinajstić information content (AvgIpc) is 2.33. The van der Waals surface area contributed by atoms with Crippen molar-refractivity contribution in [2.24, 2.45) is 0 Å². The number of hydrogen-bond donors (Lipinski definition) is 1. The predicted molar refractivity (Wildman–Crippen MR) is 84.0 cm³/mol. The molecule has 0 aliphatic carbocycles. The summed E-state index contributed by atoms with van der Waals surface area (Å²) in [7, 11) is 0. The van der Waals surface area contributed by atoms with Crippen molar-refractivity contribution in [1.29, 1.82) is 0 Å². The molecule has 3 heteroatoms. The van der Waals surface area contributed by atoms with Gasteiger partial charge in [0.1, 0.15) is 5.82 Å². The molecule has 1 rings (SSSR count). The molecule has 0 radical (unpaired) electrons. The quantitative estimate of drug-likeness (QED) is 0.623. The van der Waals surface area contributed by atoms with Crippen LogP contribution in [0.15, 0.2) is 22.7 Å². The van der Waals surface area contributed by atoms with Gasteiger partial charge in [-0.3, -0.25) is 0 Å². The molecule has 0 aromatic heterocycles. The SMILES string of the molecule is CCCCCCC(Cc1cc(F)cc(Br)c1)NCC. The van der Waals surface area contributed by atoms with Crippen molar-refractivity contribution in [3.8, 4) is 0 Å². The predicted octanol–water partition coefficient (Wildman–Crippen LogP) is 5.08. The second kappa shape index (κ2) is 9.49. The van der Waals surface area contributed by atoms with E-state index in [4.69, 9.17) is 0 Å². The van der Waals surface area contributed by atoms with E-state index in [1.54, 1.807) is 6.07 Å². The zero-order valence-electron chi connectivity index (χ0n) is 12.0. The molecule has 1 nitrogen and oxygen atoms in total. The van der Waals surface area contributed by atoms with E-state index < -0.39 is 0 Å². The summed E-state index contributed by atoms with van der Waals surface area (Å²) in [5.41, 5.74) is 1.06. The van der Waals surface area contributed by atoms with Gasteiger partial charge < -0.3 is 5.32 Å². The van der Waals surface area contributed by atoms with E-state index in [1.165, 1.54) is 38.2 Å². The Morgan fingerprint density at radius 1 is 1.16 bits per heavy atom. The second-order valence-electron chi connectivity index (χ2n) is 5.09. The topological polar surface area (TPSA) is 12.0 Å². The van der Waals surface area contributed by atoms with Gasteiger partial charge in [0.2, 0.25) is 0 Å². The zero-order valence-corrected chi connectivity index (χ0v) is 13.6. The molecular weight excluding hydrogens is 305 g/mol. The number of benzene rings is 1. The molecule has 0 amide bonds. The zero-order chi connectivity index (χ0) is 14.1. The summed E-state index contributed by atoms with van der Waals surface area (Å²) >= 11 is 3.35. The first-order valence-electron chi connectivity index (χ1n) is 7.34. The van der Waals surface area contributed by atoms with Gasteiger partial charge in [-0.15, -0.1) is 0 Å². The van der Waals surface area contributed by atoms with Gasteiger partial charge in [-0.25, -0.2) is 4.39 Å². The highest BCUT2D eigenvalue weighted by molar-refractivity contribution is 9.10. The fraction of sp³-hybridized carbons (Fsp3) is 0.625. The van der Waals surface area contributed by atoms with E-state index in [-0.39, 0.29) is 5.82 Å². The number of likely N-dealkylation sites (N-methyl/N-ethyl adjacent to an activating group) is 1. The molecule has 0 saturated carbocycles. The van der Waals surface area contributed by atoms with Crippen LogP contribution in [0.25, 0.3) is 0 Å². The Bertz CT molecular complexity index is 348. The van der Waals surface area contributed by atoms with Gasteiger partial charge >= 0.3 is 0 Å². The second-order valence-corrected chi connectivity index (χ2v) is 6.00. The van der Waals surface area contributed by atoms with Crippen molar-refractivity contribution >= 4 is 15.9 Å². The maximum absolute atomic E-state index is 13.4. The fourth-order valence-corrected chi connectivity index (χ4v) is 2.91. The van der Waals surface area contributed by atoms with E-state index in [0.29, 0.717) is 6.04 Å². The van der Waals surface area contributed by atoms with Gasteiger partial charge in [0.15, 0.2) is 0 Å². The third-order valence-corrected chi connectivity index (χ3v) is 3.76. The normalized spacial score (nSPS) is 12.6. The van der Waals surface area contributed by atoms with Crippen LogP contribution in [0.3, 0.4) is 0 Å². The highest BCUT2D eigenvalue weighted by Gasteiger charge is 2.09. The summed E-state index contributed by atoms with van der Waals surface area (Å²) in [5.74, 6) is -0.161. The Labute approximate surface area is 125 Å². The first-order valence-corrected chi connectivity index (χ1v) is 8.13. The van der Waals surface area contributed by atoms with Crippen molar-refractivity contribution in [3.63, 3.8) is 0 Å². The monoisotopic (exact) mass is 329 g/mol. The molecule has 1 atom stereocenters. The molecule has 0 aliphatic rings. The van der Waals surface area contributed by atoms with Gasteiger partial charge in [0.05, 0.1) is 0 Å². The molecule has 1 N–H and O–H groups in total. The first kappa shape index (κ1) is 16.6. The molecule has 0 heterocycles. The standard InChI is InChI=1S/C16H25BrFN/c1-3-5-6-7-8-16(19-4-2)11-13-9-14(17)12-15(18)10-13/h9-10,12,16,19H,3-8,11H2,1-2H3. The molecule has 0 aliphatic heterocycles. The highest BCUT2D eigenvalue weighted by Crippen LogP contribution is 2.17. The minimum atomic E-state index is -0.161. The van der Waals surface area contributed by atoms with E-state index >= 15 is 0 Å². The number of hydrogen-bond acceptors (Lipinski definition) is 1. The lowest BCUT2D eigenvalue weighted by Crippen LogP contribution is -2.31. The average molecular weight is 330 g/mol. The smallest absolute Gasteiger partial charge is 0.124 e. The van der Waals surface area contributed by atoms with Crippen molar-refractivity contribution in [3.05, 3.63) is 34.1 Å². The van der Waals surface area contributed by atoms with Gasteiger partial charge in [-0.2, -0.15) is 0 Å². The van der Waals surface area contributed by atoms with Crippen molar-refractivity contribution < 1.29 is 4.39 Å². The van der Waals surface area contributed by atoms with Crippen molar-refractivity contribution in [2.45, 2.75) is 58.4 Å². The minimum Gasteiger partial charge on any atom is -0.314 e. The molecule has 1 aromatic rings. The van der Waals surface area contributed by atoms with Crippen LogP contribution in [-0.2, 0) is 6.42 Å². The maximum Gasteiger partial charge on any atom is 0.124 e. The van der Waals surface area contributed by atoms with Gasteiger partial charge in [-0.1, -0.05) is 55.5 Å². The Kier molecular flexibility index (Phi) is 8.31. The molecule has 0 spiro atoms. The van der Waals surface area contributed by atoms with Crippen LogP contribution in [0.4, 0.5) is 4.39 Å². The maximum atomic E-state index is 13.4.